The monoisotopic (exact) mass is 329 g/mol. The van der Waals surface area contributed by atoms with Crippen LogP contribution in [0.3, 0.4) is 0 Å². The van der Waals surface area contributed by atoms with Gasteiger partial charge in [-0.3, -0.25) is 19.4 Å². The summed E-state index contributed by atoms with van der Waals surface area (Å²) in [7, 11) is 1.55. The highest BCUT2D eigenvalue weighted by Gasteiger charge is 2.25. The van der Waals surface area contributed by atoms with Gasteiger partial charge < -0.3 is 9.64 Å². The zero-order valence-electron chi connectivity index (χ0n) is 14.2. The second-order valence-corrected chi connectivity index (χ2v) is 5.97. The van der Waals surface area contributed by atoms with Crippen molar-refractivity contribution in [2.24, 2.45) is 0 Å². The van der Waals surface area contributed by atoms with Gasteiger partial charge in [-0.25, -0.2) is 0 Å². The van der Waals surface area contributed by atoms with E-state index in [0.29, 0.717) is 6.54 Å². The number of ether oxygens (including phenoxy) is 1. The second-order valence-electron chi connectivity index (χ2n) is 5.97. The van der Waals surface area contributed by atoms with Crippen molar-refractivity contribution < 1.29 is 9.53 Å². The SMILES string of the molecule is CCn1nccc1-c1cnc([C@@H]2CCCN(C(=O)COC)C2)cn1. The fraction of sp³-hybridized carbons (Fsp3) is 0.529. The van der Waals surface area contributed by atoms with Gasteiger partial charge in [0, 0.05) is 45.1 Å². The van der Waals surface area contributed by atoms with Crippen LogP contribution in [-0.4, -0.2) is 57.4 Å². The van der Waals surface area contributed by atoms with Crippen molar-refractivity contribution in [3.63, 3.8) is 0 Å². The van der Waals surface area contributed by atoms with Crippen LogP contribution in [0.25, 0.3) is 11.4 Å². The van der Waals surface area contributed by atoms with E-state index in [2.05, 4.69) is 15.1 Å². The van der Waals surface area contributed by atoms with Crippen molar-refractivity contribution in [3.8, 4) is 11.4 Å². The molecule has 0 radical (unpaired) electrons. The summed E-state index contributed by atoms with van der Waals surface area (Å²) in [6, 6.07) is 1.94. The van der Waals surface area contributed by atoms with E-state index in [1.165, 1.54) is 0 Å². The third kappa shape index (κ3) is 3.46. The molecule has 1 atom stereocenters. The number of carbonyl (C=O) groups excluding carboxylic acids is 1. The first-order valence-corrected chi connectivity index (χ1v) is 8.33. The molecule has 1 aliphatic heterocycles. The van der Waals surface area contributed by atoms with E-state index in [1.54, 1.807) is 19.5 Å². The number of likely N-dealkylation sites (tertiary alicyclic amines) is 1. The zero-order valence-corrected chi connectivity index (χ0v) is 14.2. The molecular formula is C17H23N5O2. The summed E-state index contributed by atoms with van der Waals surface area (Å²) >= 11 is 0. The zero-order chi connectivity index (χ0) is 16.9. The normalized spacial score (nSPS) is 17.9. The van der Waals surface area contributed by atoms with Gasteiger partial charge in [0.1, 0.15) is 12.3 Å². The van der Waals surface area contributed by atoms with Gasteiger partial charge in [0.05, 0.1) is 17.6 Å². The molecule has 7 heteroatoms. The number of aryl methyl sites for hydroxylation is 1. The molecule has 0 aromatic carbocycles. The predicted octanol–water partition coefficient (Wildman–Crippen LogP) is 1.71. The van der Waals surface area contributed by atoms with Gasteiger partial charge >= 0.3 is 0 Å². The van der Waals surface area contributed by atoms with Crippen molar-refractivity contribution in [2.75, 3.05) is 26.8 Å². The van der Waals surface area contributed by atoms with Crippen molar-refractivity contribution in [2.45, 2.75) is 32.2 Å². The average Bonchev–Trinajstić information content (AvgIpc) is 3.11. The van der Waals surface area contributed by atoms with Crippen LogP contribution in [0.1, 0.15) is 31.4 Å². The molecule has 24 heavy (non-hydrogen) atoms. The minimum atomic E-state index is 0.0404. The van der Waals surface area contributed by atoms with Gasteiger partial charge in [0.25, 0.3) is 0 Å². The fourth-order valence-electron chi connectivity index (χ4n) is 3.14. The summed E-state index contributed by atoms with van der Waals surface area (Å²) in [6.07, 6.45) is 7.41. The molecule has 0 bridgehead atoms. The van der Waals surface area contributed by atoms with Crippen molar-refractivity contribution >= 4 is 5.91 Å². The summed E-state index contributed by atoms with van der Waals surface area (Å²) in [5, 5.41) is 4.26. The molecule has 0 saturated carbocycles. The first kappa shape index (κ1) is 16.6. The topological polar surface area (TPSA) is 73.1 Å². The van der Waals surface area contributed by atoms with E-state index in [9.17, 15) is 4.79 Å². The number of rotatable bonds is 5. The Morgan fingerprint density at radius 2 is 2.25 bits per heavy atom. The van der Waals surface area contributed by atoms with Crippen LogP contribution >= 0.6 is 0 Å². The van der Waals surface area contributed by atoms with Crippen molar-refractivity contribution in [1.82, 2.24) is 24.6 Å². The predicted molar refractivity (Wildman–Crippen MR) is 89.4 cm³/mol. The number of nitrogens with zero attached hydrogens (tertiary/aromatic N) is 5. The number of piperidine rings is 1. The van der Waals surface area contributed by atoms with E-state index in [-0.39, 0.29) is 18.4 Å². The Morgan fingerprint density at radius 3 is 2.96 bits per heavy atom. The molecule has 3 rings (SSSR count). The van der Waals surface area contributed by atoms with Crippen molar-refractivity contribution in [1.29, 1.82) is 0 Å². The number of amides is 1. The van der Waals surface area contributed by atoms with E-state index in [1.807, 2.05) is 28.8 Å². The molecule has 1 saturated heterocycles. The van der Waals surface area contributed by atoms with Crippen molar-refractivity contribution in [3.05, 3.63) is 30.4 Å². The first-order chi connectivity index (χ1) is 11.7. The molecule has 7 nitrogen and oxygen atoms in total. The van der Waals surface area contributed by atoms with E-state index in [4.69, 9.17) is 4.74 Å². The number of hydrogen-bond acceptors (Lipinski definition) is 5. The lowest BCUT2D eigenvalue weighted by Crippen LogP contribution is -2.41. The maximum atomic E-state index is 12.0. The molecule has 0 unspecified atom stereocenters. The maximum Gasteiger partial charge on any atom is 0.248 e. The van der Waals surface area contributed by atoms with Gasteiger partial charge in [-0.2, -0.15) is 5.10 Å². The standard InChI is InChI=1S/C17H23N5O2/c1-3-22-16(6-7-20-22)15-10-18-14(9-19-15)13-5-4-8-21(11-13)17(23)12-24-2/h6-7,9-10,13H,3-5,8,11-12H2,1-2H3/t13-/m1/s1. The number of methoxy groups -OCH3 is 1. The molecule has 1 aliphatic rings. The minimum absolute atomic E-state index is 0.0404. The summed E-state index contributed by atoms with van der Waals surface area (Å²) in [5.41, 5.74) is 2.73. The highest BCUT2D eigenvalue weighted by Crippen LogP contribution is 2.26. The number of carbonyl (C=O) groups is 1. The summed E-state index contributed by atoms with van der Waals surface area (Å²) < 4.78 is 6.85. The van der Waals surface area contributed by atoms with Gasteiger partial charge in [0.2, 0.25) is 5.91 Å². The van der Waals surface area contributed by atoms with Gasteiger partial charge in [-0.05, 0) is 25.8 Å². The Kier molecular flexibility index (Phi) is 5.20. The molecule has 0 spiro atoms. The molecule has 2 aromatic rings. The second kappa shape index (κ2) is 7.53. The molecule has 0 N–H and O–H groups in total. The highest BCUT2D eigenvalue weighted by atomic mass is 16.5. The Morgan fingerprint density at radius 1 is 1.38 bits per heavy atom. The Labute approximate surface area is 141 Å². The molecule has 128 valence electrons. The average molecular weight is 329 g/mol. The molecule has 2 aromatic heterocycles. The smallest absolute Gasteiger partial charge is 0.248 e. The minimum Gasteiger partial charge on any atom is -0.375 e. The Bertz CT molecular complexity index is 683. The van der Waals surface area contributed by atoms with Gasteiger partial charge in [0.15, 0.2) is 0 Å². The van der Waals surface area contributed by atoms with E-state index in [0.717, 1.165) is 43.0 Å². The van der Waals surface area contributed by atoms with E-state index >= 15 is 0 Å². The fourth-order valence-corrected chi connectivity index (χ4v) is 3.14. The van der Waals surface area contributed by atoms with Gasteiger partial charge in [-0.15, -0.1) is 0 Å². The Hall–Kier alpha value is -2.28. The van der Waals surface area contributed by atoms with Crippen LogP contribution in [0.15, 0.2) is 24.7 Å². The van der Waals surface area contributed by atoms with Gasteiger partial charge in [-0.1, -0.05) is 0 Å². The van der Waals surface area contributed by atoms with Crippen LogP contribution in [-0.2, 0) is 16.1 Å². The number of aromatic nitrogens is 4. The highest BCUT2D eigenvalue weighted by molar-refractivity contribution is 5.77. The summed E-state index contributed by atoms with van der Waals surface area (Å²) in [6.45, 7) is 4.46. The molecule has 1 fully saturated rings. The first-order valence-electron chi connectivity index (χ1n) is 8.33. The Balaban J connectivity index is 1.72. The summed E-state index contributed by atoms with van der Waals surface area (Å²) in [5.74, 6) is 0.274. The molecule has 1 amide bonds. The maximum absolute atomic E-state index is 12.0. The van der Waals surface area contributed by atoms with Crippen LogP contribution in [0, 0.1) is 0 Å². The molecular weight excluding hydrogens is 306 g/mol. The lowest BCUT2D eigenvalue weighted by atomic mass is 9.95. The quantitative estimate of drug-likeness (QED) is 0.835. The van der Waals surface area contributed by atoms with Crippen LogP contribution in [0.4, 0.5) is 0 Å². The molecule has 3 heterocycles. The van der Waals surface area contributed by atoms with E-state index < -0.39 is 0 Å². The lowest BCUT2D eigenvalue weighted by Gasteiger charge is -2.32. The third-order valence-corrected chi connectivity index (χ3v) is 4.41. The largest absolute Gasteiger partial charge is 0.375 e. The summed E-state index contributed by atoms with van der Waals surface area (Å²) in [4.78, 5) is 23.0. The van der Waals surface area contributed by atoms with Crippen LogP contribution < -0.4 is 0 Å². The van der Waals surface area contributed by atoms with Crippen LogP contribution in [0.5, 0.6) is 0 Å². The molecule has 0 aliphatic carbocycles. The lowest BCUT2D eigenvalue weighted by molar-refractivity contribution is -0.136. The number of hydrogen-bond donors (Lipinski definition) is 0. The van der Waals surface area contributed by atoms with Crippen LogP contribution in [0.2, 0.25) is 0 Å². The third-order valence-electron chi connectivity index (χ3n) is 4.41.